The van der Waals surface area contributed by atoms with E-state index in [0.29, 0.717) is 34.6 Å². The van der Waals surface area contributed by atoms with Gasteiger partial charge in [-0.2, -0.15) is 0 Å². The number of methoxy groups -OCH3 is 1. The molecule has 5 nitrogen and oxygen atoms in total. The predicted molar refractivity (Wildman–Crippen MR) is 104 cm³/mol. The molecule has 25 heavy (non-hydrogen) atoms. The van der Waals surface area contributed by atoms with E-state index in [2.05, 4.69) is 10.6 Å². The molecule has 138 valence electrons. The highest BCUT2D eigenvalue weighted by Gasteiger charge is 2.34. The molecule has 2 N–H and O–H groups in total. The van der Waals surface area contributed by atoms with Crippen LogP contribution in [-0.2, 0) is 9.47 Å². The van der Waals surface area contributed by atoms with Crippen LogP contribution in [0, 0.1) is 0 Å². The number of anilines is 1. The van der Waals surface area contributed by atoms with Crippen LogP contribution < -0.4 is 10.6 Å². The Morgan fingerprint density at radius 2 is 2.08 bits per heavy atom. The van der Waals surface area contributed by atoms with Crippen LogP contribution in [0.1, 0.15) is 49.4 Å². The monoisotopic (exact) mass is 384 g/mol. The van der Waals surface area contributed by atoms with Gasteiger partial charge < -0.3 is 20.1 Å². The fourth-order valence-corrected chi connectivity index (χ4v) is 3.69. The summed E-state index contributed by atoms with van der Waals surface area (Å²) in [4.78, 5) is 12.0. The SMILES string of the molecule is CCOC(=O)c1cc(NC(=S)NC2(CCOC)CCCC2)ccc1Cl. The first kappa shape index (κ1) is 19.9. The van der Waals surface area contributed by atoms with Gasteiger partial charge in [0.2, 0.25) is 0 Å². The largest absolute Gasteiger partial charge is 0.462 e. The molecule has 1 aliphatic rings. The minimum atomic E-state index is -0.442. The summed E-state index contributed by atoms with van der Waals surface area (Å²) in [6, 6.07) is 5.11. The van der Waals surface area contributed by atoms with E-state index in [4.69, 9.17) is 33.3 Å². The van der Waals surface area contributed by atoms with E-state index < -0.39 is 5.97 Å². The van der Waals surface area contributed by atoms with Gasteiger partial charge >= 0.3 is 5.97 Å². The van der Waals surface area contributed by atoms with Gasteiger partial charge in [-0.05, 0) is 56.6 Å². The van der Waals surface area contributed by atoms with E-state index >= 15 is 0 Å². The molecule has 0 radical (unpaired) electrons. The maximum Gasteiger partial charge on any atom is 0.339 e. The number of ether oxygens (including phenoxy) is 2. The number of rotatable bonds is 7. The maximum atomic E-state index is 12.0. The molecule has 2 rings (SSSR count). The Hall–Kier alpha value is -1.37. The van der Waals surface area contributed by atoms with Gasteiger partial charge in [0.15, 0.2) is 5.11 Å². The number of hydrogen-bond acceptors (Lipinski definition) is 4. The molecule has 0 saturated heterocycles. The minimum Gasteiger partial charge on any atom is -0.462 e. The second-order valence-corrected chi connectivity index (χ2v) is 7.04. The van der Waals surface area contributed by atoms with E-state index in [9.17, 15) is 4.79 Å². The number of carbonyl (C=O) groups is 1. The third kappa shape index (κ3) is 5.56. The van der Waals surface area contributed by atoms with Crippen LogP contribution in [0.4, 0.5) is 5.69 Å². The van der Waals surface area contributed by atoms with Crippen LogP contribution in [-0.4, -0.2) is 36.9 Å². The van der Waals surface area contributed by atoms with E-state index in [1.54, 1.807) is 32.2 Å². The van der Waals surface area contributed by atoms with Crippen LogP contribution in [0.2, 0.25) is 5.02 Å². The van der Waals surface area contributed by atoms with Gasteiger partial charge in [0.25, 0.3) is 0 Å². The van der Waals surface area contributed by atoms with Crippen molar-refractivity contribution < 1.29 is 14.3 Å². The van der Waals surface area contributed by atoms with Crippen molar-refractivity contribution in [2.24, 2.45) is 0 Å². The van der Waals surface area contributed by atoms with E-state index in [1.165, 1.54) is 12.8 Å². The lowest BCUT2D eigenvalue weighted by molar-refractivity contribution is 0.0526. The van der Waals surface area contributed by atoms with Crippen LogP contribution in [0.5, 0.6) is 0 Å². The summed E-state index contributed by atoms with van der Waals surface area (Å²) in [7, 11) is 1.71. The van der Waals surface area contributed by atoms with Crippen LogP contribution >= 0.6 is 23.8 Å². The molecule has 0 spiro atoms. The molecule has 1 aromatic carbocycles. The van der Waals surface area contributed by atoms with Crippen molar-refractivity contribution in [3.8, 4) is 0 Å². The first-order valence-electron chi connectivity index (χ1n) is 8.54. The second-order valence-electron chi connectivity index (χ2n) is 6.22. The normalized spacial score (nSPS) is 15.6. The third-order valence-electron chi connectivity index (χ3n) is 4.44. The standard InChI is InChI=1S/C18H25ClN2O3S/c1-3-24-16(22)14-12-13(6-7-15(14)19)20-17(25)21-18(10-11-23-2)8-4-5-9-18/h6-7,12H,3-5,8-11H2,1-2H3,(H2,20,21,25). The number of nitrogens with one attached hydrogen (secondary N) is 2. The summed E-state index contributed by atoms with van der Waals surface area (Å²) in [5.74, 6) is -0.442. The van der Waals surface area contributed by atoms with Crippen molar-refractivity contribution in [2.75, 3.05) is 25.6 Å². The Labute approximate surface area is 159 Å². The van der Waals surface area contributed by atoms with Crippen molar-refractivity contribution in [1.82, 2.24) is 5.32 Å². The molecular formula is C18H25ClN2O3S. The number of esters is 1. The van der Waals surface area contributed by atoms with Crippen molar-refractivity contribution in [2.45, 2.75) is 44.6 Å². The number of carbonyl (C=O) groups excluding carboxylic acids is 1. The van der Waals surface area contributed by atoms with Gasteiger partial charge in [-0.1, -0.05) is 24.4 Å². The fraction of sp³-hybridized carbons (Fsp3) is 0.556. The van der Waals surface area contributed by atoms with E-state index in [-0.39, 0.29) is 5.54 Å². The van der Waals surface area contributed by atoms with E-state index in [0.717, 1.165) is 19.3 Å². The minimum absolute atomic E-state index is 0.0174. The summed E-state index contributed by atoms with van der Waals surface area (Å²) in [6.45, 7) is 2.76. The predicted octanol–water partition coefficient (Wildman–Crippen LogP) is 4.15. The smallest absolute Gasteiger partial charge is 0.339 e. The molecule has 0 aliphatic heterocycles. The fourth-order valence-electron chi connectivity index (χ4n) is 3.16. The zero-order valence-electron chi connectivity index (χ0n) is 14.7. The highest BCUT2D eigenvalue weighted by atomic mass is 35.5. The quantitative estimate of drug-likeness (QED) is 0.544. The third-order valence-corrected chi connectivity index (χ3v) is 4.98. The molecule has 0 heterocycles. The number of thiocarbonyl (C=S) groups is 1. The highest BCUT2D eigenvalue weighted by Crippen LogP contribution is 2.32. The number of halogens is 1. The average molecular weight is 385 g/mol. The molecule has 1 aromatic rings. The zero-order valence-corrected chi connectivity index (χ0v) is 16.3. The molecule has 0 bridgehead atoms. The molecule has 1 fully saturated rings. The first-order chi connectivity index (χ1) is 12.0. The number of benzene rings is 1. The van der Waals surface area contributed by atoms with Gasteiger partial charge in [0.05, 0.1) is 17.2 Å². The topological polar surface area (TPSA) is 59.6 Å². The van der Waals surface area contributed by atoms with Crippen molar-refractivity contribution in [3.05, 3.63) is 28.8 Å². The lowest BCUT2D eigenvalue weighted by atomic mass is 9.94. The summed E-state index contributed by atoms with van der Waals surface area (Å²) in [6.07, 6.45) is 5.44. The average Bonchev–Trinajstić information content (AvgIpc) is 3.03. The molecule has 0 atom stereocenters. The molecule has 7 heteroatoms. The summed E-state index contributed by atoms with van der Waals surface area (Å²) < 4.78 is 10.3. The lowest BCUT2D eigenvalue weighted by Crippen LogP contribution is -2.48. The Bertz CT molecular complexity index is 618. The highest BCUT2D eigenvalue weighted by molar-refractivity contribution is 7.80. The van der Waals surface area contributed by atoms with E-state index in [1.807, 2.05) is 0 Å². The summed E-state index contributed by atoms with van der Waals surface area (Å²) >= 11 is 11.6. The molecule has 0 unspecified atom stereocenters. The van der Waals surface area contributed by atoms with Crippen LogP contribution in [0.25, 0.3) is 0 Å². The second kappa shape index (κ2) is 9.36. The molecule has 1 aliphatic carbocycles. The Morgan fingerprint density at radius 3 is 2.72 bits per heavy atom. The lowest BCUT2D eigenvalue weighted by Gasteiger charge is -2.31. The van der Waals surface area contributed by atoms with Crippen LogP contribution in [0.3, 0.4) is 0 Å². The first-order valence-corrected chi connectivity index (χ1v) is 9.33. The van der Waals surface area contributed by atoms with Crippen molar-refractivity contribution in [1.29, 1.82) is 0 Å². The van der Waals surface area contributed by atoms with Gasteiger partial charge in [-0.15, -0.1) is 0 Å². The Kier molecular flexibility index (Phi) is 7.47. The molecule has 1 saturated carbocycles. The summed E-state index contributed by atoms with van der Waals surface area (Å²) in [5.41, 5.74) is 1.01. The number of hydrogen-bond donors (Lipinski definition) is 2. The van der Waals surface area contributed by atoms with Gasteiger partial charge in [0.1, 0.15) is 0 Å². The molecule has 0 aromatic heterocycles. The van der Waals surface area contributed by atoms with Gasteiger partial charge in [0, 0.05) is 24.9 Å². The van der Waals surface area contributed by atoms with Crippen LogP contribution in [0.15, 0.2) is 18.2 Å². The summed E-state index contributed by atoms with van der Waals surface area (Å²) in [5, 5.41) is 7.50. The Morgan fingerprint density at radius 1 is 1.36 bits per heavy atom. The van der Waals surface area contributed by atoms with Gasteiger partial charge in [-0.25, -0.2) is 4.79 Å². The molecule has 0 amide bonds. The van der Waals surface area contributed by atoms with Gasteiger partial charge in [-0.3, -0.25) is 0 Å². The van der Waals surface area contributed by atoms with Crippen molar-refractivity contribution in [3.63, 3.8) is 0 Å². The molecular weight excluding hydrogens is 360 g/mol. The Balaban J connectivity index is 2.04. The maximum absolute atomic E-state index is 12.0. The van der Waals surface area contributed by atoms with Crippen molar-refractivity contribution >= 4 is 40.6 Å². The zero-order chi connectivity index (χ0) is 18.3.